The highest BCUT2D eigenvalue weighted by molar-refractivity contribution is 5.81. The van der Waals surface area contributed by atoms with Crippen LogP contribution in [-0.2, 0) is 17.6 Å². The van der Waals surface area contributed by atoms with Crippen LogP contribution >= 0.6 is 0 Å². The highest BCUT2D eigenvalue weighted by Crippen LogP contribution is 2.18. The molecule has 0 atom stereocenters. The number of hydrogen-bond donors (Lipinski definition) is 1. The third kappa shape index (κ3) is 4.19. The van der Waals surface area contributed by atoms with Gasteiger partial charge in [-0.2, -0.15) is 5.10 Å². The Morgan fingerprint density at radius 2 is 1.96 bits per heavy atom. The maximum Gasteiger partial charge on any atom is 0.252 e. The first-order chi connectivity index (χ1) is 12.8. The molecule has 0 aliphatic rings. The number of carbonyl (C=O) groups is 1. The summed E-state index contributed by atoms with van der Waals surface area (Å²) < 4.78 is 15.3. The summed E-state index contributed by atoms with van der Waals surface area (Å²) in [4.78, 5) is 31.0. The first-order valence-electron chi connectivity index (χ1n) is 8.73. The Morgan fingerprint density at radius 3 is 2.67 bits per heavy atom. The van der Waals surface area contributed by atoms with E-state index in [1.54, 1.807) is 29.8 Å². The average molecular weight is 368 g/mol. The van der Waals surface area contributed by atoms with Crippen molar-refractivity contribution in [1.82, 2.24) is 19.7 Å². The molecule has 6 nitrogen and oxygen atoms in total. The van der Waals surface area contributed by atoms with Gasteiger partial charge < -0.3 is 0 Å². The maximum absolute atomic E-state index is 13.7. The molecule has 140 valence electrons. The minimum atomic E-state index is -0.361. The Kier molecular flexibility index (Phi) is 5.30. The maximum atomic E-state index is 13.7. The molecule has 0 spiro atoms. The van der Waals surface area contributed by atoms with E-state index in [2.05, 4.69) is 15.1 Å². The highest BCUT2D eigenvalue weighted by atomic mass is 19.1. The summed E-state index contributed by atoms with van der Waals surface area (Å²) in [7, 11) is 0. The summed E-state index contributed by atoms with van der Waals surface area (Å²) in [5.41, 5.74) is 3.29. The van der Waals surface area contributed by atoms with Crippen LogP contribution in [0.2, 0.25) is 0 Å². The Hall–Kier alpha value is -3.09. The number of H-pyrrole nitrogens is 1. The molecular weight excluding hydrogens is 347 g/mol. The fourth-order valence-electron chi connectivity index (χ4n) is 3.11. The largest absolute Gasteiger partial charge is 0.299 e. The highest BCUT2D eigenvalue weighted by Gasteiger charge is 2.16. The van der Waals surface area contributed by atoms with Gasteiger partial charge in [0, 0.05) is 30.3 Å². The first-order valence-corrected chi connectivity index (χ1v) is 8.73. The van der Waals surface area contributed by atoms with Gasteiger partial charge >= 0.3 is 0 Å². The fourth-order valence-corrected chi connectivity index (χ4v) is 3.11. The van der Waals surface area contributed by atoms with Crippen molar-refractivity contribution in [3.63, 3.8) is 0 Å². The Labute approximate surface area is 156 Å². The second kappa shape index (κ2) is 7.65. The summed E-state index contributed by atoms with van der Waals surface area (Å²) in [6, 6.07) is 7.73. The van der Waals surface area contributed by atoms with Crippen LogP contribution in [-0.4, -0.2) is 25.5 Å². The third-order valence-corrected chi connectivity index (χ3v) is 4.50. The van der Waals surface area contributed by atoms with E-state index in [9.17, 15) is 14.0 Å². The van der Waals surface area contributed by atoms with Crippen LogP contribution in [0.25, 0.3) is 5.95 Å². The van der Waals surface area contributed by atoms with Gasteiger partial charge in [-0.25, -0.2) is 14.1 Å². The van der Waals surface area contributed by atoms with E-state index in [1.165, 1.54) is 12.1 Å². The third-order valence-electron chi connectivity index (χ3n) is 4.50. The number of halogens is 1. The molecule has 7 heteroatoms. The zero-order valence-corrected chi connectivity index (χ0v) is 15.5. The van der Waals surface area contributed by atoms with Gasteiger partial charge in [-0.3, -0.25) is 14.6 Å². The molecule has 3 rings (SSSR count). The van der Waals surface area contributed by atoms with Gasteiger partial charge in [0.15, 0.2) is 0 Å². The lowest BCUT2D eigenvalue weighted by Gasteiger charge is -2.06. The molecule has 27 heavy (non-hydrogen) atoms. The minimum Gasteiger partial charge on any atom is -0.299 e. The van der Waals surface area contributed by atoms with Crippen molar-refractivity contribution < 1.29 is 9.18 Å². The molecule has 1 N–H and O–H groups in total. The van der Waals surface area contributed by atoms with Crippen LogP contribution in [0.15, 0.2) is 35.1 Å². The molecule has 0 aliphatic heterocycles. The molecule has 3 aromatic rings. The SMILES string of the molecule is Cc1cc(=O)[nH]c(-n2nc(C)c(CCC(=O)Cc3ccccc3F)c2C)n1. The molecule has 2 aromatic heterocycles. The summed E-state index contributed by atoms with van der Waals surface area (Å²) in [5.74, 6) is -0.0428. The second-order valence-electron chi connectivity index (χ2n) is 6.58. The fraction of sp³-hybridized carbons (Fsp3) is 0.300. The van der Waals surface area contributed by atoms with E-state index in [-0.39, 0.29) is 23.6 Å². The van der Waals surface area contributed by atoms with E-state index < -0.39 is 0 Å². The quantitative estimate of drug-likeness (QED) is 0.725. The number of aryl methyl sites for hydroxylation is 2. The van der Waals surface area contributed by atoms with Gasteiger partial charge in [0.05, 0.1) is 5.69 Å². The summed E-state index contributed by atoms with van der Waals surface area (Å²) in [5, 5.41) is 4.45. The molecule has 0 saturated carbocycles. The van der Waals surface area contributed by atoms with Crippen molar-refractivity contribution in [1.29, 1.82) is 0 Å². The molecule has 0 unspecified atom stereocenters. The number of nitrogens with zero attached hydrogens (tertiary/aromatic N) is 3. The van der Waals surface area contributed by atoms with Crippen molar-refractivity contribution in [3.05, 3.63) is 74.7 Å². The Morgan fingerprint density at radius 1 is 1.22 bits per heavy atom. The van der Waals surface area contributed by atoms with E-state index in [0.29, 0.717) is 30.0 Å². The molecule has 1 aromatic carbocycles. The summed E-state index contributed by atoms with van der Waals surface area (Å²) in [6.07, 6.45) is 0.867. The molecule has 0 aliphatic carbocycles. The zero-order valence-electron chi connectivity index (χ0n) is 15.5. The number of nitrogens with one attached hydrogen (secondary N) is 1. The molecule has 2 heterocycles. The van der Waals surface area contributed by atoms with Gasteiger partial charge in [-0.1, -0.05) is 18.2 Å². The van der Waals surface area contributed by atoms with Crippen molar-refractivity contribution in [2.24, 2.45) is 0 Å². The normalized spacial score (nSPS) is 11.0. The Balaban J connectivity index is 1.76. The van der Waals surface area contributed by atoms with Gasteiger partial charge in [-0.15, -0.1) is 0 Å². The van der Waals surface area contributed by atoms with E-state index in [4.69, 9.17) is 0 Å². The number of aromatic nitrogens is 4. The first kappa shape index (κ1) is 18.7. The van der Waals surface area contributed by atoms with E-state index in [0.717, 1.165) is 17.0 Å². The number of rotatable bonds is 6. The minimum absolute atomic E-state index is 0.0336. The van der Waals surface area contributed by atoms with Crippen LogP contribution in [0.4, 0.5) is 4.39 Å². The van der Waals surface area contributed by atoms with Gasteiger partial charge in [0.2, 0.25) is 5.95 Å². The predicted octanol–water partition coefficient (Wildman–Crippen LogP) is 2.76. The van der Waals surface area contributed by atoms with Gasteiger partial charge in [0.1, 0.15) is 11.6 Å². The monoisotopic (exact) mass is 368 g/mol. The number of Topliss-reactive ketones (excluding diaryl/α,β-unsaturated/α-hetero) is 1. The van der Waals surface area contributed by atoms with E-state index in [1.807, 2.05) is 13.8 Å². The standard InChI is InChI=1S/C20H21FN4O2/c1-12-10-19(27)23-20(22-12)25-14(3)17(13(2)24-25)9-8-16(26)11-15-6-4-5-7-18(15)21/h4-7,10H,8-9,11H2,1-3H3,(H,22,23,27). The van der Waals surface area contributed by atoms with Crippen molar-refractivity contribution in [2.75, 3.05) is 0 Å². The smallest absolute Gasteiger partial charge is 0.252 e. The number of carbonyl (C=O) groups excluding carboxylic acids is 1. The van der Waals surface area contributed by atoms with Crippen LogP contribution < -0.4 is 5.56 Å². The zero-order chi connectivity index (χ0) is 19.6. The van der Waals surface area contributed by atoms with Crippen LogP contribution in [0, 0.1) is 26.6 Å². The molecule has 0 fully saturated rings. The van der Waals surface area contributed by atoms with Gasteiger partial charge in [0.25, 0.3) is 5.56 Å². The predicted molar refractivity (Wildman–Crippen MR) is 99.6 cm³/mol. The van der Waals surface area contributed by atoms with Crippen molar-refractivity contribution in [3.8, 4) is 5.95 Å². The number of benzene rings is 1. The number of hydrogen-bond acceptors (Lipinski definition) is 4. The average Bonchev–Trinajstić information content (AvgIpc) is 2.88. The lowest BCUT2D eigenvalue weighted by Crippen LogP contribution is -2.15. The molecule has 0 radical (unpaired) electrons. The van der Waals surface area contributed by atoms with Crippen LogP contribution in [0.5, 0.6) is 0 Å². The lowest BCUT2D eigenvalue weighted by molar-refractivity contribution is -0.118. The molecular formula is C20H21FN4O2. The van der Waals surface area contributed by atoms with E-state index >= 15 is 0 Å². The molecule has 0 amide bonds. The van der Waals surface area contributed by atoms with Crippen LogP contribution in [0.3, 0.4) is 0 Å². The molecule has 0 bridgehead atoms. The number of aromatic amines is 1. The summed E-state index contributed by atoms with van der Waals surface area (Å²) in [6.45, 7) is 5.47. The van der Waals surface area contributed by atoms with Crippen molar-refractivity contribution >= 4 is 5.78 Å². The second-order valence-corrected chi connectivity index (χ2v) is 6.58. The van der Waals surface area contributed by atoms with Crippen molar-refractivity contribution in [2.45, 2.75) is 40.0 Å². The lowest BCUT2D eigenvalue weighted by atomic mass is 10.0. The Bertz CT molecular complexity index is 1050. The summed E-state index contributed by atoms with van der Waals surface area (Å²) >= 11 is 0. The van der Waals surface area contributed by atoms with Gasteiger partial charge in [-0.05, 0) is 44.4 Å². The van der Waals surface area contributed by atoms with Crippen LogP contribution in [0.1, 0.15) is 34.6 Å². The topological polar surface area (TPSA) is 80.6 Å². The molecule has 0 saturated heterocycles. The number of ketones is 1.